The fourth-order valence-corrected chi connectivity index (χ4v) is 5.01. The van der Waals surface area contributed by atoms with Gasteiger partial charge in [-0.05, 0) is 63.1 Å². The lowest BCUT2D eigenvalue weighted by Crippen LogP contribution is -2.42. The lowest BCUT2D eigenvalue weighted by Gasteiger charge is -2.39. The van der Waals surface area contributed by atoms with Crippen molar-refractivity contribution in [1.82, 2.24) is 9.97 Å². The Hall–Kier alpha value is -3.86. The van der Waals surface area contributed by atoms with Crippen LogP contribution in [0.1, 0.15) is 70.4 Å². The highest BCUT2D eigenvalue weighted by atomic mass is 19.4. The van der Waals surface area contributed by atoms with E-state index in [2.05, 4.69) is 33.7 Å². The number of anilines is 3. The number of alkyl halides is 3. The summed E-state index contributed by atoms with van der Waals surface area (Å²) >= 11 is 0. The van der Waals surface area contributed by atoms with E-state index >= 15 is 0 Å². The number of nitrogens with one attached hydrogen (secondary N) is 1. The first-order valence-electron chi connectivity index (χ1n) is 15.1. The molecule has 0 aliphatic carbocycles. The van der Waals surface area contributed by atoms with Crippen LogP contribution in [0, 0.1) is 12.8 Å². The van der Waals surface area contributed by atoms with Crippen LogP contribution in [0.2, 0.25) is 0 Å². The van der Waals surface area contributed by atoms with Gasteiger partial charge in [0.15, 0.2) is 5.69 Å². The third-order valence-electron chi connectivity index (χ3n) is 7.18. The van der Waals surface area contributed by atoms with E-state index in [9.17, 15) is 23.1 Å². The second-order valence-corrected chi connectivity index (χ2v) is 10.6. The molecule has 44 heavy (non-hydrogen) atoms. The number of halogens is 3. The molecule has 2 aromatic heterocycles. The SMILES string of the molecule is C=CC.CC.Cc1oc(N2CCCC(C)C2)nc1C(F)(F)F.O=CNc1ccc(N2CCC(O)(c3ccccc3)CC2)nc1. The highest BCUT2D eigenvalue weighted by Gasteiger charge is 2.38. The van der Waals surface area contributed by atoms with E-state index < -0.39 is 17.5 Å². The maximum absolute atomic E-state index is 12.6. The Morgan fingerprint density at radius 3 is 2.23 bits per heavy atom. The number of oxazole rings is 1. The molecule has 242 valence electrons. The van der Waals surface area contributed by atoms with Crippen LogP contribution in [0.3, 0.4) is 0 Å². The summed E-state index contributed by atoms with van der Waals surface area (Å²) < 4.78 is 42.8. The van der Waals surface area contributed by atoms with Crippen LogP contribution < -0.4 is 15.1 Å². The first-order chi connectivity index (χ1) is 21.0. The van der Waals surface area contributed by atoms with Gasteiger partial charge in [0.25, 0.3) is 6.01 Å². The summed E-state index contributed by atoms with van der Waals surface area (Å²) in [7, 11) is 0. The molecule has 0 saturated carbocycles. The number of aliphatic hydroxyl groups is 1. The van der Waals surface area contributed by atoms with Gasteiger partial charge in [-0.1, -0.05) is 57.2 Å². The van der Waals surface area contributed by atoms with Gasteiger partial charge in [-0.25, -0.2) is 4.98 Å². The predicted molar refractivity (Wildman–Crippen MR) is 170 cm³/mol. The Balaban J connectivity index is 0.000000275. The zero-order valence-electron chi connectivity index (χ0n) is 26.4. The normalized spacial score (nSPS) is 17.4. The van der Waals surface area contributed by atoms with Crippen molar-refractivity contribution in [2.24, 2.45) is 5.92 Å². The first kappa shape index (κ1) is 36.3. The van der Waals surface area contributed by atoms with E-state index in [1.54, 1.807) is 17.2 Å². The van der Waals surface area contributed by atoms with E-state index in [4.69, 9.17) is 4.42 Å². The molecule has 0 radical (unpaired) electrons. The van der Waals surface area contributed by atoms with Crippen LogP contribution in [0.25, 0.3) is 0 Å². The number of nitrogens with zero attached hydrogens (tertiary/aromatic N) is 4. The smallest absolute Gasteiger partial charge is 0.428 e. The van der Waals surface area contributed by atoms with Crippen LogP contribution in [0.15, 0.2) is 65.7 Å². The van der Waals surface area contributed by atoms with Gasteiger partial charge in [-0.15, -0.1) is 6.58 Å². The minimum Gasteiger partial charge on any atom is -0.428 e. The van der Waals surface area contributed by atoms with Crippen molar-refractivity contribution in [2.75, 3.05) is 41.3 Å². The topological polar surface area (TPSA) is 94.7 Å². The van der Waals surface area contributed by atoms with Gasteiger partial charge in [-0.2, -0.15) is 18.2 Å². The number of rotatable bonds is 5. The number of piperidine rings is 2. The van der Waals surface area contributed by atoms with Crippen molar-refractivity contribution in [2.45, 2.75) is 72.1 Å². The second kappa shape index (κ2) is 17.4. The van der Waals surface area contributed by atoms with Crippen LogP contribution in [0.4, 0.5) is 30.7 Å². The molecule has 4 heterocycles. The molecule has 1 atom stereocenters. The van der Waals surface area contributed by atoms with Gasteiger partial charge in [-0.3, -0.25) is 4.79 Å². The monoisotopic (exact) mass is 617 g/mol. The average Bonchev–Trinajstić information content (AvgIpc) is 3.43. The van der Waals surface area contributed by atoms with E-state index in [0.29, 0.717) is 43.9 Å². The minimum absolute atomic E-state index is 0.0985. The molecule has 11 heteroatoms. The van der Waals surface area contributed by atoms with Crippen molar-refractivity contribution >= 4 is 23.9 Å². The van der Waals surface area contributed by atoms with Crippen LogP contribution in [-0.2, 0) is 16.6 Å². The number of carbonyl (C=O) groups excluding carboxylic acids is 1. The lowest BCUT2D eigenvalue weighted by atomic mass is 9.84. The maximum Gasteiger partial charge on any atom is 0.436 e. The van der Waals surface area contributed by atoms with E-state index in [-0.39, 0.29) is 11.8 Å². The number of hydrogen-bond donors (Lipinski definition) is 2. The van der Waals surface area contributed by atoms with Crippen molar-refractivity contribution in [1.29, 1.82) is 0 Å². The summed E-state index contributed by atoms with van der Waals surface area (Å²) in [5.74, 6) is 1.17. The Bertz CT molecular complexity index is 1260. The molecule has 2 aliphatic heterocycles. The molecule has 0 spiro atoms. The van der Waals surface area contributed by atoms with Gasteiger partial charge >= 0.3 is 6.18 Å². The number of carbonyl (C=O) groups is 1. The summed E-state index contributed by atoms with van der Waals surface area (Å²) in [6.45, 7) is 15.5. The van der Waals surface area contributed by atoms with Crippen molar-refractivity contribution in [3.8, 4) is 0 Å². The number of amides is 1. The summed E-state index contributed by atoms with van der Waals surface area (Å²) in [6, 6.07) is 13.6. The van der Waals surface area contributed by atoms with Gasteiger partial charge in [0, 0.05) is 26.2 Å². The molecule has 2 fully saturated rings. The molecule has 1 amide bonds. The molecular formula is C33H46F3N5O3. The largest absolute Gasteiger partial charge is 0.436 e. The third kappa shape index (κ3) is 10.4. The van der Waals surface area contributed by atoms with E-state index in [1.165, 1.54) is 6.92 Å². The van der Waals surface area contributed by atoms with E-state index in [0.717, 1.165) is 37.3 Å². The summed E-state index contributed by atoms with van der Waals surface area (Å²) in [6.07, 6.45) is 3.00. The molecule has 5 rings (SSSR count). The average molecular weight is 618 g/mol. The minimum atomic E-state index is -4.44. The Kier molecular flexibility index (Phi) is 14.4. The number of benzene rings is 1. The quantitative estimate of drug-likeness (QED) is 0.225. The zero-order chi connectivity index (χ0) is 32.8. The fraction of sp³-hybridized carbons (Fsp3) is 0.485. The molecule has 8 nitrogen and oxygen atoms in total. The van der Waals surface area contributed by atoms with Crippen LogP contribution >= 0.6 is 0 Å². The number of pyridine rings is 1. The molecule has 2 N–H and O–H groups in total. The lowest BCUT2D eigenvalue weighted by molar-refractivity contribution is -0.141. The Morgan fingerprint density at radius 1 is 1.09 bits per heavy atom. The molecule has 0 bridgehead atoms. The number of aryl methyl sites for hydroxylation is 1. The van der Waals surface area contributed by atoms with Gasteiger partial charge < -0.3 is 24.6 Å². The highest BCUT2D eigenvalue weighted by Crippen LogP contribution is 2.35. The van der Waals surface area contributed by atoms with Crippen molar-refractivity contribution < 1.29 is 27.5 Å². The summed E-state index contributed by atoms with van der Waals surface area (Å²) in [5.41, 5.74) is -0.00744. The van der Waals surface area contributed by atoms with Crippen molar-refractivity contribution in [3.05, 3.63) is 78.3 Å². The number of aromatic nitrogens is 2. The van der Waals surface area contributed by atoms with Crippen LogP contribution in [-0.4, -0.2) is 47.7 Å². The zero-order valence-corrected chi connectivity index (χ0v) is 26.4. The van der Waals surface area contributed by atoms with Gasteiger partial charge in [0.05, 0.1) is 17.5 Å². The first-order valence-corrected chi connectivity index (χ1v) is 15.1. The molecule has 1 aromatic carbocycles. The van der Waals surface area contributed by atoms with E-state index in [1.807, 2.05) is 63.2 Å². The second-order valence-electron chi connectivity index (χ2n) is 10.6. The molecular weight excluding hydrogens is 571 g/mol. The molecule has 3 aromatic rings. The Morgan fingerprint density at radius 2 is 1.73 bits per heavy atom. The van der Waals surface area contributed by atoms with Gasteiger partial charge in [0.1, 0.15) is 11.6 Å². The molecule has 2 aliphatic rings. The fourth-order valence-electron chi connectivity index (χ4n) is 5.01. The maximum atomic E-state index is 12.6. The predicted octanol–water partition coefficient (Wildman–Crippen LogP) is 7.59. The number of hydrogen-bond acceptors (Lipinski definition) is 7. The number of allylic oxidation sites excluding steroid dienone is 1. The van der Waals surface area contributed by atoms with Gasteiger partial charge in [0.2, 0.25) is 6.41 Å². The Labute approximate surface area is 259 Å². The summed E-state index contributed by atoms with van der Waals surface area (Å²) in [4.78, 5) is 22.3. The standard InChI is InChI=1S/C17H19N3O2.C11H15F3N2O.C3H6.C2H6/c21-13-19-15-6-7-16(18-12-15)20-10-8-17(22,9-11-20)14-4-2-1-3-5-14;1-7-4-3-5-16(6-7)10-15-9(8(2)17-10)11(12,13)14;1-3-2;1-2/h1-7,12-13,22H,8-11H2,(H,19,21);7H,3-6H2,1-2H3;3H,1H2,2H3;1-2H3. The molecule has 2 saturated heterocycles. The molecule has 1 unspecified atom stereocenters. The van der Waals surface area contributed by atoms with Crippen LogP contribution in [0.5, 0.6) is 0 Å². The van der Waals surface area contributed by atoms with Crippen molar-refractivity contribution in [3.63, 3.8) is 0 Å². The third-order valence-corrected chi connectivity index (χ3v) is 7.18. The highest BCUT2D eigenvalue weighted by molar-refractivity contribution is 5.71. The summed E-state index contributed by atoms with van der Waals surface area (Å²) in [5, 5.41) is 13.4.